The average Bonchev–Trinajstić information content (AvgIpc) is 3.31. The van der Waals surface area contributed by atoms with Gasteiger partial charge in [-0.15, -0.1) is 11.3 Å². The number of nitrogens with one attached hydrogen (secondary N) is 1. The molecule has 34 heavy (non-hydrogen) atoms. The first-order chi connectivity index (χ1) is 16.4. The number of thiophene rings is 1. The fourth-order valence-corrected chi connectivity index (χ4v) is 5.73. The van der Waals surface area contributed by atoms with Crippen molar-refractivity contribution in [1.29, 1.82) is 0 Å². The number of primary sulfonamides is 1. The van der Waals surface area contributed by atoms with Gasteiger partial charge in [-0.3, -0.25) is 4.79 Å². The van der Waals surface area contributed by atoms with E-state index in [1.165, 1.54) is 4.88 Å². The molecule has 1 amide bonds. The first kappa shape index (κ1) is 22.5. The van der Waals surface area contributed by atoms with E-state index in [0.717, 1.165) is 47.0 Å². The summed E-state index contributed by atoms with van der Waals surface area (Å²) >= 11 is 1.68. The summed E-state index contributed by atoms with van der Waals surface area (Å²) in [5, 5.41) is 11.0. The average molecular weight is 490 g/mol. The molecule has 0 spiro atoms. The molecule has 4 aromatic rings. The summed E-state index contributed by atoms with van der Waals surface area (Å²) in [5.41, 5.74) is 5.59. The van der Waals surface area contributed by atoms with Crippen LogP contribution >= 0.6 is 11.3 Å². The Morgan fingerprint density at radius 3 is 2.59 bits per heavy atom. The van der Waals surface area contributed by atoms with Crippen molar-refractivity contribution in [1.82, 2.24) is 4.98 Å². The Kier molecular flexibility index (Phi) is 6.03. The number of hydrogen-bond acceptors (Lipinski definition) is 5. The van der Waals surface area contributed by atoms with Crippen LogP contribution in [0.1, 0.15) is 44.9 Å². The van der Waals surface area contributed by atoms with E-state index in [0.29, 0.717) is 16.8 Å². The lowest BCUT2D eigenvalue weighted by Crippen LogP contribution is -2.19. The van der Waals surface area contributed by atoms with Gasteiger partial charge in [-0.2, -0.15) is 0 Å². The highest BCUT2D eigenvalue weighted by atomic mass is 32.2. The molecule has 3 N–H and O–H groups in total. The Morgan fingerprint density at radius 1 is 1.06 bits per heavy atom. The zero-order valence-electron chi connectivity index (χ0n) is 18.3. The maximum absolute atomic E-state index is 13.6. The van der Waals surface area contributed by atoms with Gasteiger partial charge in [-0.1, -0.05) is 36.4 Å². The number of nitrogens with zero attached hydrogens (tertiary/aromatic N) is 1. The number of sulfonamides is 1. The maximum atomic E-state index is 13.6. The van der Waals surface area contributed by atoms with E-state index in [9.17, 15) is 13.2 Å². The Hall–Kier alpha value is -3.33. The van der Waals surface area contributed by atoms with Crippen molar-refractivity contribution in [2.75, 3.05) is 5.32 Å². The van der Waals surface area contributed by atoms with Crippen LogP contribution in [0.4, 0.5) is 5.69 Å². The minimum atomic E-state index is -3.61. The van der Waals surface area contributed by atoms with E-state index < -0.39 is 10.0 Å². The Bertz CT molecular complexity index is 1510. The minimum absolute atomic E-state index is 0.202. The molecule has 6 nitrogen and oxygen atoms in total. The molecule has 8 heteroatoms. The van der Waals surface area contributed by atoms with Gasteiger partial charge in [0.05, 0.1) is 22.5 Å². The van der Waals surface area contributed by atoms with E-state index in [4.69, 9.17) is 10.1 Å². The topological polar surface area (TPSA) is 102 Å². The van der Waals surface area contributed by atoms with Crippen molar-refractivity contribution in [2.24, 2.45) is 5.14 Å². The molecule has 1 aliphatic rings. The number of carbonyl (C=O) groups is 1. The Labute approximate surface area is 202 Å². The number of para-hydroxylation sites is 1. The van der Waals surface area contributed by atoms with Gasteiger partial charge in [0, 0.05) is 16.0 Å². The lowest BCUT2D eigenvalue weighted by Gasteiger charge is -2.22. The van der Waals surface area contributed by atoms with Crippen LogP contribution in [-0.4, -0.2) is 19.3 Å². The lowest BCUT2D eigenvalue weighted by molar-refractivity contribution is 0.102. The van der Waals surface area contributed by atoms with Gasteiger partial charge >= 0.3 is 0 Å². The lowest BCUT2D eigenvalue weighted by atomic mass is 9.86. The summed E-state index contributed by atoms with van der Waals surface area (Å²) < 4.78 is 22.7. The Morgan fingerprint density at radius 2 is 1.85 bits per heavy atom. The Balaban J connectivity index is 1.55. The van der Waals surface area contributed by atoms with E-state index in [-0.39, 0.29) is 11.7 Å². The number of carbonyl (C=O) groups excluding carboxylic acids is 1. The molecule has 0 radical (unpaired) electrons. The zero-order valence-corrected chi connectivity index (χ0v) is 20.0. The number of rotatable bonds is 5. The summed E-state index contributed by atoms with van der Waals surface area (Å²) in [6.07, 6.45) is 4.83. The molecule has 0 saturated carbocycles. The van der Waals surface area contributed by atoms with Crippen LogP contribution in [0.2, 0.25) is 0 Å². The first-order valence-corrected chi connectivity index (χ1v) is 13.5. The van der Waals surface area contributed by atoms with Gasteiger partial charge in [0.25, 0.3) is 5.91 Å². The number of allylic oxidation sites excluding steroid dienone is 1. The van der Waals surface area contributed by atoms with Crippen molar-refractivity contribution in [3.05, 3.63) is 93.3 Å². The quantitative estimate of drug-likeness (QED) is 0.401. The number of pyridine rings is 1. The van der Waals surface area contributed by atoms with Gasteiger partial charge in [-0.05, 0) is 71.7 Å². The van der Waals surface area contributed by atoms with E-state index >= 15 is 0 Å². The first-order valence-electron chi connectivity index (χ1n) is 10.9. The fraction of sp³-hybridized carbons (Fsp3) is 0.154. The van der Waals surface area contributed by atoms with E-state index in [2.05, 4.69) is 22.8 Å². The number of hydrogen-bond donors (Lipinski definition) is 2. The molecule has 2 aromatic carbocycles. The smallest absolute Gasteiger partial charge is 0.256 e. The van der Waals surface area contributed by atoms with Crippen LogP contribution in [0.15, 0.2) is 66.0 Å². The SMILES string of the molecule is NS(=O)(=O)Cc1ccc(NC(=O)c2c3c(nc4ccccc24)/C(=C/c2cccs2)CCC3)cc1. The molecule has 0 saturated heterocycles. The van der Waals surface area contributed by atoms with Crippen molar-refractivity contribution in [3.8, 4) is 0 Å². The normalized spacial score (nSPS) is 14.8. The van der Waals surface area contributed by atoms with E-state index in [1.807, 2.05) is 30.3 Å². The van der Waals surface area contributed by atoms with Gasteiger partial charge < -0.3 is 5.32 Å². The van der Waals surface area contributed by atoms with Crippen molar-refractivity contribution in [3.63, 3.8) is 0 Å². The second kappa shape index (κ2) is 9.13. The fourth-order valence-electron chi connectivity index (χ4n) is 4.39. The molecule has 0 bridgehead atoms. The van der Waals surface area contributed by atoms with Gasteiger partial charge in [0.1, 0.15) is 0 Å². The van der Waals surface area contributed by atoms with Crippen LogP contribution in [0, 0.1) is 0 Å². The van der Waals surface area contributed by atoms with Gasteiger partial charge in [0.15, 0.2) is 0 Å². The summed E-state index contributed by atoms with van der Waals surface area (Å²) in [7, 11) is -3.61. The summed E-state index contributed by atoms with van der Waals surface area (Å²) in [6.45, 7) is 0. The maximum Gasteiger partial charge on any atom is 0.256 e. The summed E-state index contributed by atoms with van der Waals surface area (Å²) in [4.78, 5) is 19.7. The minimum Gasteiger partial charge on any atom is -0.322 e. The number of fused-ring (bicyclic) bond motifs is 2. The predicted octanol–water partition coefficient (Wildman–Crippen LogP) is 5.21. The van der Waals surface area contributed by atoms with Crippen LogP contribution in [0.3, 0.4) is 0 Å². The predicted molar refractivity (Wildman–Crippen MR) is 138 cm³/mol. The van der Waals surface area contributed by atoms with Crippen molar-refractivity contribution >= 4 is 55.5 Å². The highest BCUT2D eigenvalue weighted by Gasteiger charge is 2.25. The van der Waals surface area contributed by atoms with Crippen molar-refractivity contribution < 1.29 is 13.2 Å². The molecular formula is C26H23N3O3S2. The second-order valence-corrected chi connectivity index (χ2v) is 10.9. The molecule has 2 heterocycles. The summed E-state index contributed by atoms with van der Waals surface area (Å²) in [5.74, 6) is -0.449. The molecule has 1 aliphatic carbocycles. The molecular weight excluding hydrogens is 466 g/mol. The van der Waals surface area contributed by atoms with E-state index in [1.54, 1.807) is 35.6 Å². The highest BCUT2D eigenvalue weighted by Crippen LogP contribution is 2.36. The molecule has 5 rings (SSSR count). The number of benzene rings is 2. The van der Waals surface area contributed by atoms with Crippen molar-refractivity contribution in [2.45, 2.75) is 25.0 Å². The number of anilines is 1. The molecule has 0 atom stereocenters. The molecule has 0 aliphatic heterocycles. The van der Waals surface area contributed by atoms with Crippen LogP contribution in [0.5, 0.6) is 0 Å². The summed E-state index contributed by atoms with van der Waals surface area (Å²) in [6, 6.07) is 18.5. The number of amides is 1. The molecule has 2 aromatic heterocycles. The number of nitrogens with two attached hydrogens (primary N) is 1. The van der Waals surface area contributed by atoms with Gasteiger partial charge in [0.2, 0.25) is 10.0 Å². The standard InChI is InChI=1S/C26H23N3O3S2/c27-34(31,32)16-17-10-12-19(13-11-17)28-26(30)24-21-7-1-2-9-23(21)29-25-18(5-3-8-22(24)25)15-20-6-4-14-33-20/h1-2,4,6-7,9-15H,3,5,8,16H2,(H,28,30)(H2,27,31,32)/b18-15+. The van der Waals surface area contributed by atoms with Gasteiger partial charge in [-0.25, -0.2) is 18.5 Å². The third kappa shape index (κ3) is 4.79. The van der Waals surface area contributed by atoms with Crippen LogP contribution in [-0.2, 0) is 22.2 Å². The molecule has 0 unspecified atom stereocenters. The monoisotopic (exact) mass is 489 g/mol. The third-order valence-electron chi connectivity index (χ3n) is 5.84. The zero-order chi connectivity index (χ0) is 23.7. The largest absolute Gasteiger partial charge is 0.322 e. The highest BCUT2D eigenvalue weighted by molar-refractivity contribution is 7.88. The second-order valence-electron chi connectivity index (χ2n) is 8.33. The van der Waals surface area contributed by atoms with Crippen LogP contribution in [0.25, 0.3) is 22.6 Å². The third-order valence-corrected chi connectivity index (χ3v) is 7.39. The van der Waals surface area contributed by atoms with Crippen LogP contribution < -0.4 is 10.5 Å². The molecule has 0 fully saturated rings. The number of aromatic nitrogens is 1. The molecule has 172 valence electrons.